The van der Waals surface area contributed by atoms with E-state index in [1.807, 2.05) is 30.3 Å². The van der Waals surface area contributed by atoms with Crippen molar-refractivity contribution in [3.8, 4) is 0 Å². The summed E-state index contributed by atoms with van der Waals surface area (Å²) in [4.78, 5) is 13.5. The third-order valence-corrected chi connectivity index (χ3v) is 3.56. The molecule has 0 saturated heterocycles. The number of rotatable bonds is 6. The summed E-state index contributed by atoms with van der Waals surface area (Å²) < 4.78 is 12.9. The molecule has 22 heavy (non-hydrogen) atoms. The van der Waals surface area contributed by atoms with Gasteiger partial charge in [-0.15, -0.1) is 11.6 Å². The minimum Gasteiger partial charge on any atom is -0.387 e. The van der Waals surface area contributed by atoms with Crippen LogP contribution in [-0.4, -0.2) is 28.3 Å². The van der Waals surface area contributed by atoms with Gasteiger partial charge in [0.05, 0.1) is 12.6 Å². The van der Waals surface area contributed by atoms with Gasteiger partial charge in [0.25, 0.3) is 0 Å². The van der Waals surface area contributed by atoms with Crippen molar-refractivity contribution in [1.29, 1.82) is 0 Å². The predicted molar refractivity (Wildman–Crippen MR) is 83.9 cm³/mol. The van der Waals surface area contributed by atoms with Crippen molar-refractivity contribution in [3.63, 3.8) is 0 Å². The number of halogens is 2. The van der Waals surface area contributed by atoms with Gasteiger partial charge in [0.2, 0.25) is 5.91 Å². The topological polar surface area (TPSA) is 40.5 Å². The first kappa shape index (κ1) is 16.5. The van der Waals surface area contributed by atoms with Crippen LogP contribution in [-0.2, 0) is 11.3 Å². The van der Waals surface area contributed by atoms with Gasteiger partial charge < -0.3 is 10.0 Å². The van der Waals surface area contributed by atoms with Crippen molar-refractivity contribution in [3.05, 3.63) is 71.5 Å². The Morgan fingerprint density at radius 1 is 1.14 bits per heavy atom. The lowest BCUT2D eigenvalue weighted by molar-refractivity contribution is -0.130. The molecule has 1 amide bonds. The van der Waals surface area contributed by atoms with Crippen LogP contribution in [0.4, 0.5) is 4.39 Å². The van der Waals surface area contributed by atoms with E-state index in [9.17, 15) is 14.3 Å². The average Bonchev–Trinajstić information content (AvgIpc) is 2.55. The second-order valence-corrected chi connectivity index (χ2v) is 5.23. The SMILES string of the molecule is O=C(CCl)N(Cc1ccccc1)CC(O)c1ccc(F)cc1. The molecule has 0 aliphatic heterocycles. The Morgan fingerprint density at radius 3 is 2.36 bits per heavy atom. The molecule has 0 bridgehead atoms. The zero-order valence-electron chi connectivity index (χ0n) is 12.0. The normalized spacial score (nSPS) is 12.0. The van der Waals surface area contributed by atoms with Crippen molar-refractivity contribution < 1.29 is 14.3 Å². The third kappa shape index (κ3) is 4.55. The van der Waals surface area contributed by atoms with Crippen LogP contribution in [0, 0.1) is 5.82 Å². The number of hydrogen-bond acceptors (Lipinski definition) is 2. The highest BCUT2D eigenvalue weighted by Gasteiger charge is 2.18. The maximum atomic E-state index is 12.9. The molecule has 3 nitrogen and oxygen atoms in total. The molecule has 1 atom stereocenters. The second kappa shape index (κ2) is 7.92. The summed E-state index contributed by atoms with van der Waals surface area (Å²) in [7, 11) is 0. The number of aliphatic hydroxyl groups is 1. The number of hydrogen-bond donors (Lipinski definition) is 1. The van der Waals surface area contributed by atoms with Crippen LogP contribution in [0.15, 0.2) is 54.6 Å². The fourth-order valence-electron chi connectivity index (χ4n) is 2.14. The van der Waals surface area contributed by atoms with Crippen molar-refractivity contribution in [2.24, 2.45) is 0 Å². The van der Waals surface area contributed by atoms with Gasteiger partial charge in [0.1, 0.15) is 11.7 Å². The van der Waals surface area contributed by atoms with Gasteiger partial charge >= 0.3 is 0 Å². The first-order valence-electron chi connectivity index (χ1n) is 6.91. The fraction of sp³-hybridized carbons (Fsp3) is 0.235. The molecule has 0 spiro atoms. The summed E-state index contributed by atoms with van der Waals surface area (Å²) in [5.41, 5.74) is 1.51. The zero-order chi connectivity index (χ0) is 15.9. The first-order chi connectivity index (χ1) is 10.6. The molecule has 0 saturated carbocycles. The van der Waals surface area contributed by atoms with Crippen LogP contribution in [0.3, 0.4) is 0 Å². The Morgan fingerprint density at radius 2 is 1.77 bits per heavy atom. The number of nitrogens with zero attached hydrogens (tertiary/aromatic N) is 1. The van der Waals surface area contributed by atoms with Crippen LogP contribution in [0.25, 0.3) is 0 Å². The highest BCUT2D eigenvalue weighted by atomic mass is 35.5. The van der Waals surface area contributed by atoms with Crippen LogP contribution >= 0.6 is 11.6 Å². The third-order valence-electron chi connectivity index (χ3n) is 3.33. The Balaban J connectivity index is 2.09. The highest BCUT2D eigenvalue weighted by molar-refractivity contribution is 6.27. The second-order valence-electron chi connectivity index (χ2n) is 4.96. The molecule has 2 aromatic rings. The Kier molecular flexibility index (Phi) is 5.92. The fourth-order valence-corrected chi connectivity index (χ4v) is 2.31. The quantitative estimate of drug-likeness (QED) is 0.830. The predicted octanol–water partition coefficient (Wildman–Crippen LogP) is 3.13. The van der Waals surface area contributed by atoms with Gasteiger partial charge in [0, 0.05) is 6.54 Å². The lowest BCUT2D eigenvalue weighted by Gasteiger charge is -2.25. The molecule has 2 aromatic carbocycles. The van der Waals surface area contributed by atoms with Crippen LogP contribution in [0.2, 0.25) is 0 Å². The molecule has 0 fully saturated rings. The van der Waals surface area contributed by atoms with Crippen molar-refractivity contribution in [1.82, 2.24) is 4.90 Å². The number of benzene rings is 2. The summed E-state index contributed by atoms with van der Waals surface area (Å²) in [5, 5.41) is 10.2. The van der Waals surface area contributed by atoms with Crippen LogP contribution < -0.4 is 0 Å². The van der Waals surface area contributed by atoms with Crippen LogP contribution in [0.5, 0.6) is 0 Å². The van der Waals surface area contributed by atoms with Crippen LogP contribution in [0.1, 0.15) is 17.2 Å². The van der Waals surface area contributed by atoms with Gasteiger partial charge in [-0.2, -0.15) is 0 Å². The van der Waals surface area contributed by atoms with Gasteiger partial charge in [-0.1, -0.05) is 42.5 Å². The van der Waals surface area contributed by atoms with E-state index in [0.717, 1.165) is 5.56 Å². The number of carbonyl (C=O) groups is 1. The minimum absolute atomic E-state index is 0.103. The molecular formula is C17H17ClFNO2. The molecular weight excluding hydrogens is 305 g/mol. The molecule has 0 heterocycles. The maximum Gasteiger partial charge on any atom is 0.237 e. The van der Waals surface area contributed by atoms with E-state index in [0.29, 0.717) is 12.1 Å². The Bertz CT molecular complexity index is 604. The molecule has 2 rings (SSSR count). The van der Waals surface area contributed by atoms with E-state index < -0.39 is 6.10 Å². The highest BCUT2D eigenvalue weighted by Crippen LogP contribution is 2.17. The smallest absolute Gasteiger partial charge is 0.237 e. The van der Waals surface area contributed by atoms with E-state index >= 15 is 0 Å². The average molecular weight is 322 g/mol. The number of aliphatic hydroxyl groups excluding tert-OH is 1. The zero-order valence-corrected chi connectivity index (χ0v) is 12.7. The standard InChI is InChI=1S/C17H17ClFNO2/c18-10-17(22)20(11-13-4-2-1-3-5-13)12-16(21)14-6-8-15(19)9-7-14/h1-9,16,21H,10-12H2. The molecule has 5 heteroatoms. The van der Waals surface area contributed by atoms with E-state index in [2.05, 4.69) is 0 Å². The molecule has 1 unspecified atom stereocenters. The number of carbonyl (C=O) groups excluding carboxylic acids is 1. The van der Waals surface area contributed by atoms with Gasteiger partial charge in [-0.05, 0) is 23.3 Å². The summed E-state index contributed by atoms with van der Waals surface area (Å²) in [6.45, 7) is 0.469. The van der Waals surface area contributed by atoms with E-state index in [-0.39, 0.29) is 24.1 Å². The van der Waals surface area contributed by atoms with E-state index in [4.69, 9.17) is 11.6 Å². The molecule has 0 radical (unpaired) electrons. The lowest BCUT2D eigenvalue weighted by atomic mass is 10.1. The summed E-state index contributed by atoms with van der Waals surface area (Å²) in [6.07, 6.45) is -0.892. The number of alkyl halides is 1. The summed E-state index contributed by atoms with van der Waals surface area (Å²) in [5.74, 6) is -0.774. The van der Waals surface area contributed by atoms with Gasteiger partial charge in [-0.25, -0.2) is 4.39 Å². The molecule has 0 aliphatic rings. The molecule has 116 valence electrons. The maximum absolute atomic E-state index is 12.9. The Hall–Kier alpha value is -1.91. The monoisotopic (exact) mass is 321 g/mol. The summed E-state index contributed by atoms with van der Waals surface area (Å²) in [6, 6.07) is 15.0. The van der Waals surface area contributed by atoms with Crippen molar-refractivity contribution in [2.45, 2.75) is 12.6 Å². The van der Waals surface area contributed by atoms with Crippen molar-refractivity contribution >= 4 is 17.5 Å². The first-order valence-corrected chi connectivity index (χ1v) is 7.45. The van der Waals surface area contributed by atoms with Gasteiger partial charge in [0.15, 0.2) is 0 Å². The Labute approximate surface area is 133 Å². The number of amides is 1. The summed E-state index contributed by atoms with van der Waals surface area (Å²) >= 11 is 5.64. The molecule has 1 N–H and O–H groups in total. The largest absolute Gasteiger partial charge is 0.387 e. The lowest BCUT2D eigenvalue weighted by Crippen LogP contribution is -2.35. The molecule has 0 aromatic heterocycles. The van der Waals surface area contributed by atoms with Gasteiger partial charge in [-0.3, -0.25) is 4.79 Å². The van der Waals surface area contributed by atoms with Crippen molar-refractivity contribution in [2.75, 3.05) is 12.4 Å². The van der Waals surface area contributed by atoms with E-state index in [1.165, 1.54) is 29.2 Å². The van der Waals surface area contributed by atoms with E-state index in [1.54, 1.807) is 0 Å². The molecule has 0 aliphatic carbocycles. The minimum atomic E-state index is -0.892.